The Hall–Kier alpha value is -1.03. The van der Waals surface area contributed by atoms with E-state index in [1.165, 1.54) is 0 Å². The van der Waals surface area contributed by atoms with Gasteiger partial charge in [-0.1, -0.05) is 24.9 Å². The molecule has 0 aromatic carbocycles. The molecule has 0 fully saturated rings. The van der Waals surface area contributed by atoms with E-state index in [-0.39, 0.29) is 11.7 Å². The summed E-state index contributed by atoms with van der Waals surface area (Å²) in [6.07, 6.45) is 0. The molecule has 1 aromatic heterocycles. The number of allylic oxidation sites excluding steroid dienone is 1. The van der Waals surface area contributed by atoms with Crippen LogP contribution in [0.15, 0.2) is 12.2 Å². The van der Waals surface area contributed by atoms with Gasteiger partial charge in [-0.2, -0.15) is 0 Å². The third-order valence-electron chi connectivity index (χ3n) is 1.65. The number of Topliss-reactive ketones (excluding diaryl/α,β-unsaturated/α-hetero) is 1. The minimum absolute atomic E-state index is 0.0429. The Morgan fingerprint density at radius 2 is 2.15 bits per heavy atom. The van der Waals surface area contributed by atoms with E-state index >= 15 is 0 Å². The number of hydrogen-bond donors (Lipinski definition) is 0. The molecule has 0 aliphatic heterocycles. The quantitative estimate of drug-likeness (QED) is 0.550. The van der Waals surface area contributed by atoms with E-state index in [0.717, 1.165) is 17.2 Å². The molecule has 0 amide bonds. The number of carbonyl (C=O) groups is 1. The SMILES string of the molecule is C=C(C)C(=O)c1snnc1C(C)C. The van der Waals surface area contributed by atoms with E-state index in [1.54, 1.807) is 6.92 Å². The Balaban J connectivity index is 3.07. The van der Waals surface area contributed by atoms with Crippen molar-refractivity contribution in [1.82, 2.24) is 9.59 Å². The Morgan fingerprint density at radius 3 is 2.62 bits per heavy atom. The molecule has 3 nitrogen and oxygen atoms in total. The highest BCUT2D eigenvalue weighted by molar-refractivity contribution is 7.08. The lowest BCUT2D eigenvalue weighted by atomic mass is 10.1. The van der Waals surface area contributed by atoms with E-state index in [9.17, 15) is 4.79 Å². The second-order valence-corrected chi connectivity index (χ2v) is 4.01. The molecule has 1 rings (SSSR count). The average Bonchev–Trinajstić information content (AvgIpc) is 2.50. The van der Waals surface area contributed by atoms with Crippen molar-refractivity contribution in [2.45, 2.75) is 26.7 Å². The second kappa shape index (κ2) is 3.79. The third kappa shape index (κ3) is 2.01. The summed E-state index contributed by atoms with van der Waals surface area (Å²) in [5.41, 5.74) is 1.31. The molecule has 1 heterocycles. The van der Waals surface area contributed by atoms with Crippen LogP contribution < -0.4 is 0 Å². The van der Waals surface area contributed by atoms with E-state index in [4.69, 9.17) is 0 Å². The predicted octanol–water partition coefficient (Wildman–Crippen LogP) is 2.42. The minimum Gasteiger partial charge on any atom is -0.288 e. The lowest BCUT2D eigenvalue weighted by Crippen LogP contribution is -2.02. The van der Waals surface area contributed by atoms with Gasteiger partial charge in [-0.05, 0) is 29.9 Å². The van der Waals surface area contributed by atoms with Gasteiger partial charge >= 0.3 is 0 Å². The van der Waals surface area contributed by atoms with Gasteiger partial charge in [0.15, 0.2) is 0 Å². The van der Waals surface area contributed by atoms with E-state index in [0.29, 0.717) is 10.5 Å². The maximum Gasteiger partial charge on any atom is 0.201 e. The molecule has 0 radical (unpaired) electrons. The topological polar surface area (TPSA) is 42.9 Å². The molecule has 0 saturated carbocycles. The maximum absolute atomic E-state index is 11.6. The maximum atomic E-state index is 11.6. The first kappa shape index (κ1) is 10.1. The van der Waals surface area contributed by atoms with Crippen LogP contribution in [-0.2, 0) is 0 Å². The monoisotopic (exact) mass is 196 g/mol. The zero-order valence-electron chi connectivity index (χ0n) is 8.00. The lowest BCUT2D eigenvalue weighted by Gasteiger charge is -2.01. The Kier molecular flexibility index (Phi) is 2.93. The van der Waals surface area contributed by atoms with Crippen LogP contribution in [0.3, 0.4) is 0 Å². The van der Waals surface area contributed by atoms with Gasteiger partial charge in [0.05, 0.1) is 5.69 Å². The Morgan fingerprint density at radius 1 is 1.54 bits per heavy atom. The van der Waals surface area contributed by atoms with E-state index < -0.39 is 0 Å². The van der Waals surface area contributed by atoms with E-state index in [1.807, 2.05) is 13.8 Å². The summed E-state index contributed by atoms with van der Waals surface area (Å²) in [5, 5.41) is 3.93. The van der Waals surface area contributed by atoms with Crippen molar-refractivity contribution in [2.75, 3.05) is 0 Å². The summed E-state index contributed by atoms with van der Waals surface area (Å²) in [4.78, 5) is 12.2. The summed E-state index contributed by atoms with van der Waals surface area (Å²) in [5.74, 6) is 0.191. The molecule has 0 unspecified atom stereocenters. The van der Waals surface area contributed by atoms with Gasteiger partial charge < -0.3 is 0 Å². The number of nitrogens with zero attached hydrogens (tertiary/aromatic N) is 2. The van der Waals surface area contributed by atoms with Crippen LogP contribution in [0.4, 0.5) is 0 Å². The molecule has 0 spiro atoms. The van der Waals surface area contributed by atoms with Gasteiger partial charge in [0.25, 0.3) is 0 Å². The van der Waals surface area contributed by atoms with Gasteiger partial charge in [-0.3, -0.25) is 4.79 Å². The van der Waals surface area contributed by atoms with Crippen LogP contribution in [0.2, 0.25) is 0 Å². The van der Waals surface area contributed by atoms with Crippen LogP contribution in [0.1, 0.15) is 42.1 Å². The molecule has 0 N–H and O–H groups in total. The molecule has 0 aliphatic rings. The molecular weight excluding hydrogens is 184 g/mol. The summed E-state index contributed by atoms with van der Waals surface area (Å²) in [7, 11) is 0. The summed E-state index contributed by atoms with van der Waals surface area (Å²) in [6, 6.07) is 0. The van der Waals surface area contributed by atoms with Gasteiger partial charge in [-0.15, -0.1) is 5.10 Å². The first-order valence-electron chi connectivity index (χ1n) is 4.06. The highest BCUT2D eigenvalue weighted by Gasteiger charge is 2.18. The van der Waals surface area contributed by atoms with Crippen LogP contribution in [-0.4, -0.2) is 15.4 Å². The van der Waals surface area contributed by atoms with Crippen molar-refractivity contribution in [3.05, 3.63) is 22.7 Å². The van der Waals surface area contributed by atoms with Crippen molar-refractivity contribution >= 4 is 17.3 Å². The fourth-order valence-electron chi connectivity index (χ4n) is 0.927. The number of aromatic nitrogens is 2. The average molecular weight is 196 g/mol. The third-order valence-corrected chi connectivity index (χ3v) is 2.39. The van der Waals surface area contributed by atoms with Crippen molar-refractivity contribution in [3.63, 3.8) is 0 Å². The number of hydrogen-bond acceptors (Lipinski definition) is 4. The van der Waals surface area contributed by atoms with Gasteiger partial charge in [0.2, 0.25) is 5.78 Å². The number of carbonyl (C=O) groups excluding carboxylic acids is 1. The number of rotatable bonds is 3. The number of ketones is 1. The zero-order valence-corrected chi connectivity index (χ0v) is 8.81. The van der Waals surface area contributed by atoms with Crippen LogP contribution in [0.5, 0.6) is 0 Å². The van der Waals surface area contributed by atoms with Crippen LogP contribution in [0.25, 0.3) is 0 Å². The van der Waals surface area contributed by atoms with E-state index in [2.05, 4.69) is 16.2 Å². The summed E-state index contributed by atoms with van der Waals surface area (Å²) in [6.45, 7) is 9.30. The Bertz CT molecular complexity index is 341. The highest BCUT2D eigenvalue weighted by atomic mass is 32.1. The molecule has 0 saturated heterocycles. The molecular formula is C9H12N2OS. The Labute approximate surface area is 81.6 Å². The molecule has 0 atom stereocenters. The van der Waals surface area contributed by atoms with Crippen molar-refractivity contribution in [1.29, 1.82) is 0 Å². The largest absolute Gasteiger partial charge is 0.288 e. The summed E-state index contributed by atoms with van der Waals surface area (Å²) < 4.78 is 3.78. The fourth-order valence-corrected chi connectivity index (χ4v) is 1.76. The smallest absolute Gasteiger partial charge is 0.201 e. The molecule has 70 valence electrons. The van der Waals surface area contributed by atoms with Crippen molar-refractivity contribution in [3.8, 4) is 0 Å². The molecule has 4 heteroatoms. The van der Waals surface area contributed by atoms with Gasteiger partial charge in [0.1, 0.15) is 4.88 Å². The van der Waals surface area contributed by atoms with Crippen LogP contribution in [0, 0.1) is 0 Å². The molecule has 0 bridgehead atoms. The highest BCUT2D eigenvalue weighted by Crippen LogP contribution is 2.21. The normalized spacial score (nSPS) is 10.5. The van der Waals surface area contributed by atoms with Crippen LogP contribution >= 0.6 is 11.5 Å². The predicted molar refractivity (Wildman–Crippen MR) is 53.1 cm³/mol. The molecule has 1 aromatic rings. The first-order chi connectivity index (χ1) is 6.04. The zero-order chi connectivity index (χ0) is 10.0. The molecule has 13 heavy (non-hydrogen) atoms. The molecule has 0 aliphatic carbocycles. The standard InChI is InChI=1S/C9H12N2OS/c1-5(2)7-9(13-11-10-7)8(12)6(3)4/h5H,3H2,1-2,4H3. The van der Waals surface area contributed by atoms with Crippen molar-refractivity contribution in [2.24, 2.45) is 0 Å². The second-order valence-electron chi connectivity index (χ2n) is 3.25. The van der Waals surface area contributed by atoms with Gasteiger partial charge in [0, 0.05) is 0 Å². The minimum atomic E-state index is -0.0429. The first-order valence-corrected chi connectivity index (χ1v) is 4.83. The fraction of sp³-hybridized carbons (Fsp3) is 0.444. The van der Waals surface area contributed by atoms with Gasteiger partial charge in [-0.25, -0.2) is 0 Å². The lowest BCUT2D eigenvalue weighted by molar-refractivity contribution is 0.103. The van der Waals surface area contributed by atoms with Crippen molar-refractivity contribution < 1.29 is 4.79 Å². The summed E-state index contributed by atoms with van der Waals surface area (Å²) >= 11 is 1.14.